The lowest BCUT2D eigenvalue weighted by Gasteiger charge is -2.32. The van der Waals surface area contributed by atoms with Crippen molar-refractivity contribution in [2.24, 2.45) is 5.92 Å². The fourth-order valence-electron chi connectivity index (χ4n) is 2.29. The lowest BCUT2D eigenvalue weighted by Crippen LogP contribution is -2.42. The van der Waals surface area contributed by atoms with Crippen molar-refractivity contribution in [2.45, 2.75) is 59.1 Å². The van der Waals surface area contributed by atoms with Crippen molar-refractivity contribution in [1.82, 2.24) is 4.90 Å². The van der Waals surface area contributed by atoms with E-state index in [1.54, 1.807) is 4.90 Å². The molecule has 1 atom stereocenters. The molecule has 0 aliphatic heterocycles. The minimum Gasteiger partial charge on any atom is -0.444 e. The van der Waals surface area contributed by atoms with Gasteiger partial charge in [-0.3, -0.25) is 0 Å². The maximum absolute atomic E-state index is 12.3. The van der Waals surface area contributed by atoms with Gasteiger partial charge in [0.05, 0.1) is 0 Å². The first-order valence-electron chi connectivity index (χ1n) is 7.69. The largest absolute Gasteiger partial charge is 0.444 e. The second-order valence-corrected chi connectivity index (χ2v) is 7.06. The van der Waals surface area contributed by atoms with Crippen molar-refractivity contribution in [3.63, 3.8) is 0 Å². The first kappa shape index (κ1) is 17.5. The van der Waals surface area contributed by atoms with E-state index in [0.29, 0.717) is 5.92 Å². The van der Waals surface area contributed by atoms with Crippen LogP contribution in [0, 0.1) is 5.92 Å². The molecule has 1 amide bonds. The Hall–Kier alpha value is -1.51. The zero-order valence-electron chi connectivity index (χ0n) is 14.2. The molecule has 0 spiro atoms. The summed E-state index contributed by atoms with van der Waals surface area (Å²) >= 11 is 0. The summed E-state index contributed by atoms with van der Waals surface area (Å²) in [6, 6.07) is 10.5. The van der Waals surface area contributed by atoms with Crippen LogP contribution in [0.15, 0.2) is 30.3 Å². The predicted molar refractivity (Wildman–Crippen MR) is 87.4 cm³/mol. The minimum atomic E-state index is -0.458. The molecule has 0 saturated heterocycles. The van der Waals surface area contributed by atoms with Crippen molar-refractivity contribution in [2.75, 3.05) is 7.05 Å². The summed E-state index contributed by atoms with van der Waals surface area (Å²) < 4.78 is 5.49. The molecule has 0 heterocycles. The molecule has 0 radical (unpaired) electrons. The molecule has 1 aromatic rings. The Bertz CT molecular complexity index is 434. The van der Waals surface area contributed by atoms with Crippen LogP contribution in [0.25, 0.3) is 0 Å². The van der Waals surface area contributed by atoms with E-state index in [0.717, 1.165) is 12.8 Å². The first-order chi connectivity index (χ1) is 9.69. The number of carbonyl (C=O) groups excluding carboxylic acids is 1. The van der Waals surface area contributed by atoms with Crippen LogP contribution in [0.3, 0.4) is 0 Å². The summed E-state index contributed by atoms with van der Waals surface area (Å²) in [6.07, 6.45) is 1.57. The zero-order chi connectivity index (χ0) is 16.0. The van der Waals surface area contributed by atoms with Gasteiger partial charge in [-0.25, -0.2) is 4.79 Å². The minimum absolute atomic E-state index is 0.155. The molecule has 0 aromatic heterocycles. The van der Waals surface area contributed by atoms with E-state index in [4.69, 9.17) is 4.74 Å². The Morgan fingerprint density at radius 3 is 2.24 bits per heavy atom. The van der Waals surface area contributed by atoms with Gasteiger partial charge in [0.1, 0.15) is 5.60 Å². The Balaban J connectivity index is 2.79. The number of hydrogen-bond donors (Lipinski definition) is 0. The van der Waals surface area contributed by atoms with Gasteiger partial charge < -0.3 is 9.64 Å². The fourth-order valence-corrected chi connectivity index (χ4v) is 2.29. The van der Waals surface area contributed by atoms with Crippen molar-refractivity contribution in [3.05, 3.63) is 35.9 Å². The van der Waals surface area contributed by atoms with Crippen LogP contribution in [0.2, 0.25) is 0 Å². The molecule has 3 nitrogen and oxygen atoms in total. The smallest absolute Gasteiger partial charge is 0.410 e. The first-order valence-corrected chi connectivity index (χ1v) is 7.69. The van der Waals surface area contributed by atoms with Gasteiger partial charge in [0.15, 0.2) is 0 Å². The van der Waals surface area contributed by atoms with Crippen LogP contribution in [-0.2, 0) is 11.2 Å². The van der Waals surface area contributed by atoms with Gasteiger partial charge in [-0.1, -0.05) is 44.2 Å². The standard InChI is InChI=1S/C18H29NO2/c1-14(2)12-16(13-15-10-8-7-9-11-15)19(6)17(20)21-18(3,4)5/h7-11,14,16H,12-13H2,1-6H3/t16-/m1/s1. The number of nitrogens with zero attached hydrogens (tertiary/aromatic N) is 1. The second kappa shape index (κ2) is 7.48. The number of likely N-dealkylation sites (N-methyl/N-ethyl adjacent to an activating group) is 1. The zero-order valence-corrected chi connectivity index (χ0v) is 14.2. The van der Waals surface area contributed by atoms with Gasteiger partial charge in [0.2, 0.25) is 0 Å². The molecule has 0 aliphatic rings. The molecular weight excluding hydrogens is 262 g/mol. The van der Waals surface area contributed by atoms with Gasteiger partial charge in [0.25, 0.3) is 0 Å². The average molecular weight is 291 g/mol. The Morgan fingerprint density at radius 2 is 1.76 bits per heavy atom. The van der Waals surface area contributed by atoms with Crippen molar-refractivity contribution in [3.8, 4) is 0 Å². The summed E-state index contributed by atoms with van der Waals surface area (Å²) in [4.78, 5) is 14.0. The van der Waals surface area contributed by atoms with E-state index >= 15 is 0 Å². The van der Waals surface area contributed by atoms with Gasteiger partial charge in [0, 0.05) is 13.1 Å². The summed E-state index contributed by atoms with van der Waals surface area (Å²) in [5, 5.41) is 0. The summed E-state index contributed by atoms with van der Waals surface area (Å²) in [7, 11) is 1.84. The molecule has 21 heavy (non-hydrogen) atoms. The topological polar surface area (TPSA) is 29.5 Å². The van der Waals surface area contributed by atoms with Gasteiger partial charge in [-0.05, 0) is 45.1 Å². The lowest BCUT2D eigenvalue weighted by molar-refractivity contribution is 0.0204. The van der Waals surface area contributed by atoms with Crippen LogP contribution in [0.5, 0.6) is 0 Å². The van der Waals surface area contributed by atoms with Crippen LogP contribution in [0.1, 0.15) is 46.6 Å². The quantitative estimate of drug-likeness (QED) is 0.798. The highest BCUT2D eigenvalue weighted by Crippen LogP contribution is 2.18. The maximum atomic E-state index is 12.3. The highest BCUT2D eigenvalue weighted by atomic mass is 16.6. The molecule has 0 N–H and O–H groups in total. The third-order valence-corrected chi connectivity index (χ3v) is 3.29. The molecule has 1 rings (SSSR count). The molecule has 0 unspecified atom stereocenters. The van der Waals surface area contributed by atoms with Crippen LogP contribution in [0.4, 0.5) is 4.79 Å². The molecule has 0 saturated carbocycles. The Morgan fingerprint density at radius 1 is 1.19 bits per heavy atom. The third-order valence-electron chi connectivity index (χ3n) is 3.29. The van der Waals surface area contributed by atoms with Crippen LogP contribution >= 0.6 is 0 Å². The highest BCUT2D eigenvalue weighted by molar-refractivity contribution is 5.68. The predicted octanol–water partition coefficient (Wildman–Crippen LogP) is 4.51. The molecule has 118 valence electrons. The molecule has 1 aromatic carbocycles. The van der Waals surface area contributed by atoms with E-state index in [2.05, 4.69) is 26.0 Å². The van der Waals surface area contributed by atoms with Crippen molar-refractivity contribution < 1.29 is 9.53 Å². The molecule has 0 fully saturated rings. The summed E-state index contributed by atoms with van der Waals surface area (Å²) in [6.45, 7) is 10.1. The number of benzene rings is 1. The molecule has 3 heteroatoms. The number of ether oxygens (including phenoxy) is 1. The van der Waals surface area contributed by atoms with E-state index in [9.17, 15) is 4.79 Å². The van der Waals surface area contributed by atoms with E-state index in [1.807, 2.05) is 46.0 Å². The number of carbonyl (C=O) groups is 1. The van der Waals surface area contributed by atoms with Crippen molar-refractivity contribution in [1.29, 1.82) is 0 Å². The number of hydrogen-bond acceptors (Lipinski definition) is 2. The number of rotatable bonds is 5. The monoisotopic (exact) mass is 291 g/mol. The number of amides is 1. The molecule has 0 bridgehead atoms. The Kier molecular flexibility index (Phi) is 6.25. The lowest BCUT2D eigenvalue weighted by atomic mass is 9.96. The highest BCUT2D eigenvalue weighted by Gasteiger charge is 2.26. The van der Waals surface area contributed by atoms with Gasteiger partial charge in [-0.15, -0.1) is 0 Å². The normalized spacial score (nSPS) is 13.1. The fraction of sp³-hybridized carbons (Fsp3) is 0.611. The van der Waals surface area contributed by atoms with Gasteiger partial charge >= 0.3 is 6.09 Å². The van der Waals surface area contributed by atoms with E-state index in [-0.39, 0.29) is 12.1 Å². The third kappa shape index (κ3) is 6.65. The summed E-state index contributed by atoms with van der Waals surface area (Å²) in [5.41, 5.74) is 0.791. The van der Waals surface area contributed by atoms with E-state index < -0.39 is 5.60 Å². The van der Waals surface area contributed by atoms with Gasteiger partial charge in [-0.2, -0.15) is 0 Å². The SMILES string of the molecule is CC(C)C[C@H](Cc1ccccc1)N(C)C(=O)OC(C)(C)C. The van der Waals surface area contributed by atoms with Crippen LogP contribution in [-0.4, -0.2) is 29.7 Å². The second-order valence-electron chi connectivity index (χ2n) is 7.06. The summed E-state index contributed by atoms with van der Waals surface area (Å²) in [5.74, 6) is 0.531. The van der Waals surface area contributed by atoms with Crippen LogP contribution < -0.4 is 0 Å². The molecule has 0 aliphatic carbocycles. The Labute approximate surface area is 129 Å². The van der Waals surface area contributed by atoms with E-state index in [1.165, 1.54) is 5.56 Å². The van der Waals surface area contributed by atoms with Crippen molar-refractivity contribution >= 4 is 6.09 Å². The average Bonchev–Trinajstić information content (AvgIpc) is 2.35. The maximum Gasteiger partial charge on any atom is 0.410 e. The molecular formula is C18H29NO2.